The van der Waals surface area contributed by atoms with Crippen LogP contribution >= 0.6 is 0 Å². The van der Waals surface area contributed by atoms with Gasteiger partial charge in [0.15, 0.2) is 0 Å². The van der Waals surface area contributed by atoms with Crippen LogP contribution in [0.4, 0.5) is 0 Å². The summed E-state index contributed by atoms with van der Waals surface area (Å²) in [6, 6.07) is 9.21. The van der Waals surface area contributed by atoms with E-state index >= 15 is 0 Å². The van der Waals surface area contributed by atoms with Crippen LogP contribution in [0, 0.1) is 30.1 Å². The van der Waals surface area contributed by atoms with Gasteiger partial charge in [-0.15, -0.1) is 6.58 Å². The number of hydrogen-bond donors (Lipinski definition) is 0. The van der Waals surface area contributed by atoms with Crippen LogP contribution in [-0.4, -0.2) is 24.8 Å². The van der Waals surface area contributed by atoms with Gasteiger partial charge in [-0.1, -0.05) is 49.6 Å². The Morgan fingerprint density at radius 2 is 1.88 bits per heavy atom. The Morgan fingerprint density at radius 3 is 2.42 bits per heavy atom. The number of nitrogens with zero attached hydrogens (tertiary/aromatic N) is 2. The minimum absolute atomic E-state index is 0.0829. The van der Waals surface area contributed by atoms with Gasteiger partial charge < -0.3 is 0 Å². The standard InChI is InChI=1S/C21H26N2O2S/c1-4-18-15-23(26(24,25)19-10-8-16(2)9-11-19)21(12-6-5-7-13-21)20(18)17(3)14-22/h4,8-11,18,20H,1,3,5-7,12-13,15H2,2H3/t18-,20-/m0/s1. The summed E-state index contributed by atoms with van der Waals surface area (Å²) in [6.45, 7) is 10.2. The Kier molecular flexibility index (Phi) is 5.09. The first-order valence-corrected chi connectivity index (χ1v) is 10.6. The maximum Gasteiger partial charge on any atom is 0.243 e. The van der Waals surface area contributed by atoms with Gasteiger partial charge >= 0.3 is 0 Å². The third kappa shape index (κ3) is 2.91. The molecule has 1 saturated heterocycles. The SMILES string of the molecule is C=C[C@H]1CN(S(=O)(=O)c2ccc(C)cc2)C2(CCCCC2)[C@H]1C(=C)C#N. The molecule has 1 aliphatic carbocycles. The fourth-order valence-electron chi connectivity index (χ4n) is 4.79. The molecule has 1 aromatic carbocycles. The summed E-state index contributed by atoms with van der Waals surface area (Å²) in [7, 11) is -3.65. The molecule has 0 unspecified atom stereocenters. The third-order valence-electron chi connectivity index (χ3n) is 6.03. The van der Waals surface area contributed by atoms with Crippen LogP contribution < -0.4 is 0 Å². The summed E-state index contributed by atoms with van der Waals surface area (Å²) >= 11 is 0. The lowest BCUT2D eigenvalue weighted by molar-refractivity contribution is 0.137. The summed E-state index contributed by atoms with van der Waals surface area (Å²) in [5.41, 5.74) is 0.934. The first kappa shape index (κ1) is 18.9. The Labute approximate surface area is 156 Å². The molecule has 138 valence electrons. The number of aryl methyl sites for hydroxylation is 1. The normalized spacial score (nSPS) is 25.7. The van der Waals surface area contributed by atoms with Crippen LogP contribution in [-0.2, 0) is 10.0 Å². The van der Waals surface area contributed by atoms with Crippen molar-refractivity contribution in [3.8, 4) is 6.07 Å². The largest absolute Gasteiger partial charge is 0.243 e. The highest BCUT2D eigenvalue weighted by Gasteiger charge is 2.58. The number of rotatable bonds is 4. The van der Waals surface area contributed by atoms with Crippen molar-refractivity contribution in [1.82, 2.24) is 4.31 Å². The average molecular weight is 371 g/mol. The molecule has 0 aromatic heterocycles. The van der Waals surface area contributed by atoms with Gasteiger partial charge in [-0.25, -0.2) is 8.42 Å². The molecule has 2 fully saturated rings. The van der Waals surface area contributed by atoms with Gasteiger partial charge in [0.25, 0.3) is 0 Å². The van der Waals surface area contributed by atoms with E-state index in [1.165, 1.54) is 0 Å². The molecule has 1 spiro atoms. The first-order chi connectivity index (χ1) is 12.4. The lowest BCUT2D eigenvalue weighted by Crippen LogP contribution is -2.52. The van der Waals surface area contributed by atoms with Crippen molar-refractivity contribution in [2.75, 3.05) is 6.54 Å². The van der Waals surface area contributed by atoms with E-state index in [-0.39, 0.29) is 11.8 Å². The average Bonchev–Trinajstić information content (AvgIpc) is 2.96. The molecule has 26 heavy (non-hydrogen) atoms. The molecule has 4 nitrogen and oxygen atoms in total. The van der Waals surface area contributed by atoms with E-state index < -0.39 is 15.6 Å². The van der Waals surface area contributed by atoms with Crippen molar-refractivity contribution in [1.29, 1.82) is 5.26 Å². The molecule has 1 heterocycles. The van der Waals surface area contributed by atoms with Crippen LogP contribution in [0.1, 0.15) is 37.7 Å². The minimum atomic E-state index is -3.65. The number of hydrogen-bond acceptors (Lipinski definition) is 3. The Bertz CT molecular complexity index is 843. The highest BCUT2D eigenvalue weighted by Crippen LogP contribution is 2.52. The monoisotopic (exact) mass is 370 g/mol. The second-order valence-electron chi connectivity index (χ2n) is 7.53. The summed E-state index contributed by atoms with van der Waals surface area (Å²) in [4.78, 5) is 0.319. The second kappa shape index (κ2) is 7.02. The minimum Gasteiger partial charge on any atom is -0.207 e. The predicted molar refractivity (Wildman–Crippen MR) is 103 cm³/mol. The maximum absolute atomic E-state index is 13.5. The zero-order valence-electron chi connectivity index (χ0n) is 15.3. The number of sulfonamides is 1. The lowest BCUT2D eigenvalue weighted by Gasteiger charge is -2.44. The smallest absolute Gasteiger partial charge is 0.207 e. The van der Waals surface area contributed by atoms with Crippen molar-refractivity contribution < 1.29 is 8.42 Å². The Morgan fingerprint density at radius 1 is 1.27 bits per heavy atom. The van der Waals surface area contributed by atoms with Crippen molar-refractivity contribution in [2.24, 2.45) is 11.8 Å². The summed E-state index contributed by atoms with van der Waals surface area (Å²) < 4.78 is 28.7. The molecular weight excluding hydrogens is 344 g/mol. The Balaban J connectivity index is 2.12. The van der Waals surface area contributed by atoms with E-state index in [1.54, 1.807) is 22.5 Å². The van der Waals surface area contributed by atoms with E-state index in [2.05, 4.69) is 19.2 Å². The molecule has 5 heteroatoms. The summed E-state index contributed by atoms with van der Waals surface area (Å²) in [5, 5.41) is 9.51. The van der Waals surface area contributed by atoms with Gasteiger partial charge in [-0.2, -0.15) is 9.57 Å². The van der Waals surface area contributed by atoms with Crippen LogP contribution in [0.25, 0.3) is 0 Å². The quantitative estimate of drug-likeness (QED) is 0.589. The second-order valence-corrected chi connectivity index (χ2v) is 9.39. The molecule has 0 N–H and O–H groups in total. The van der Waals surface area contributed by atoms with E-state index in [4.69, 9.17) is 0 Å². The van der Waals surface area contributed by atoms with E-state index in [0.29, 0.717) is 17.0 Å². The molecule has 1 saturated carbocycles. The van der Waals surface area contributed by atoms with Gasteiger partial charge in [-0.05, 0) is 37.8 Å². The van der Waals surface area contributed by atoms with Gasteiger partial charge in [0.1, 0.15) is 0 Å². The van der Waals surface area contributed by atoms with Crippen molar-refractivity contribution in [3.05, 3.63) is 54.6 Å². The zero-order valence-corrected chi connectivity index (χ0v) is 16.1. The van der Waals surface area contributed by atoms with Crippen molar-refractivity contribution in [2.45, 2.75) is 49.5 Å². The predicted octanol–water partition coefficient (Wildman–Crippen LogP) is 4.20. The maximum atomic E-state index is 13.5. The van der Waals surface area contributed by atoms with Gasteiger partial charge in [-0.3, -0.25) is 0 Å². The highest BCUT2D eigenvalue weighted by molar-refractivity contribution is 7.89. The first-order valence-electron chi connectivity index (χ1n) is 9.18. The molecular formula is C21H26N2O2S. The fraction of sp³-hybridized carbons (Fsp3) is 0.476. The van der Waals surface area contributed by atoms with Gasteiger partial charge in [0.05, 0.1) is 11.0 Å². The fourth-order valence-corrected chi connectivity index (χ4v) is 6.67. The van der Waals surface area contributed by atoms with E-state index in [1.807, 2.05) is 19.1 Å². The lowest BCUT2D eigenvalue weighted by atomic mass is 9.69. The van der Waals surface area contributed by atoms with Gasteiger partial charge in [0.2, 0.25) is 10.0 Å². The number of benzene rings is 1. The molecule has 3 rings (SSSR count). The highest BCUT2D eigenvalue weighted by atomic mass is 32.2. The number of nitriles is 1. The molecule has 0 amide bonds. The van der Waals surface area contributed by atoms with Crippen LogP contribution in [0.3, 0.4) is 0 Å². The molecule has 2 aliphatic rings. The summed E-state index contributed by atoms with van der Waals surface area (Å²) in [6.07, 6.45) is 6.39. The van der Waals surface area contributed by atoms with Gasteiger partial charge in [0, 0.05) is 23.6 Å². The molecule has 2 atom stereocenters. The molecule has 1 aliphatic heterocycles. The molecule has 0 bridgehead atoms. The molecule has 0 radical (unpaired) electrons. The summed E-state index contributed by atoms with van der Waals surface area (Å²) in [5.74, 6) is -0.272. The third-order valence-corrected chi connectivity index (χ3v) is 7.99. The van der Waals surface area contributed by atoms with Crippen LogP contribution in [0.5, 0.6) is 0 Å². The van der Waals surface area contributed by atoms with E-state index in [0.717, 1.165) is 37.7 Å². The topological polar surface area (TPSA) is 61.2 Å². The van der Waals surface area contributed by atoms with Crippen LogP contribution in [0.2, 0.25) is 0 Å². The zero-order chi connectivity index (χ0) is 18.9. The molecule has 1 aromatic rings. The van der Waals surface area contributed by atoms with Crippen molar-refractivity contribution in [3.63, 3.8) is 0 Å². The van der Waals surface area contributed by atoms with E-state index in [9.17, 15) is 13.7 Å². The Hall–Kier alpha value is -1.90. The van der Waals surface area contributed by atoms with Crippen molar-refractivity contribution >= 4 is 10.0 Å². The van der Waals surface area contributed by atoms with Crippen LogP contribution in [0.15, 0.2) is 54.0 Å².